The molecule has 0 bridgehead atoms. The van der Waals surface area contributed by atoms with Gasteiger partial charge >= 0.3 is 0 Å². The van der Waals surface area contributed by atoms with Gasteiger partial charge in [0.05, 0.1) is 5.92 Å². The van der Waals surface area contributed by atoms with Crippen LogP contribution in [0.1, 0.15) is 20.3 Å². The summed E-state index contributed by atoms with van der Waals surface area (Å²) < 4.78 is 10.9. The fourth-order valence-electron chi connectivity index (χ4n) is 1.93. The molecule has 4 nitrogen and oxygen atoms in total. The third-order valence-electron chi connectivity index (χ3n) is 3.08. The van der Waals surface area contributed by atoms with Gasteiger partial charge in [-0.15, -0.1) is 0 Å². The second kappa shape index (κ2) is 6.35. The third kappa shape index (κ3) is 4.22. The number of carbonyl (C=O) groups excluding carboxylic acids is 1. The van der Waals surface area contributed by atoms with E-state index in [4.69, 9.17) is 0 Å². The van der Waals surface area contributed by atoms with E-state index >= 15 is 0 Å². The Hall–Kier alpha value is -0.420. The van der Waals surface area contributed by atoms with E-state index in [2.05, 4.69) is 17.6 Å². The highest BCUT2D eigenvalue weighted by Gasteiger charge is 2.29. The molecule has 0 aromatic carbocycles. The predicted octanol–water partition coefficient (Wildman–Crippen LogP) is 0.115. The van der Waals surface area contributed by atoms with Crippen molar-refractivity contribution in [3.8, 4) is 0 Å². The minimum Gasteiger partial charge on any atom is -0.353 e. The van der Waals surface area contributed by atoms with Gasteiger partial charge in [-0.25, -0.2) is 0 Å². The van der Waals surface area contributed by atoms with Crippen molar-refractivity contribution in [3.05, 3.63) is 0 Å². The van der Waals surface area contributed by atoms with Gasteiger partial charge in [0, 0.05) is 35.4 Å². The maximum absolute atomic E-state index is 11.9. The van der Waals surface area contributed by atoms with Crippen LogP contribution in [0.2, 0.25) is 0 Å². The average Bonchev–Trinajstić information content (AvgIpc) is 2.61. The summed E-state index contributed by atoms with van der Waals surface area (Å²) in [6.45, 7) is 5.76. The topological polar surface area (TPSA) is 58.2 Å². The first-order chi connectivity index (χ1) is 7.50. The first kappa shape index (κ1) is 13.6. The van der Waals surface area contributed by atoms with Gasteiger partial charge < -0.3 is 10.6 Å². The highest BCUT2D eigenvalue weighted by atomic mass is 32.2. The highest BCUT2D eigenvalue weighted by Crippen LogP contribution is 2.16. The molecule has 2 N–H and O–H groups in total. The molecule has 1 amide bonds. The monoisotopic (exact) mass is 246 g/mol. The predicted molar refractivity (Wildman–Crippen MR) is 66.7 cm³/mol. The molecule has 0 spiro atoms. The van der Waals surface area contributed by atoms with Crippen molar-refractivity contribution < 1.29 is 9.00 Å². The van der Waals surface area contributed by atoms with E-state index in [1.54, 1.807) is 6.26 Å². The molecule has 0 aromatic heterocycles. The molecule has 1 fully saturated rings. The third-order valence-corrected chi connectivity index (χ3v) is 3.89. The molecule has 1 saturated heterocycles. The molecule has 1 rings (SSSR count). The first-order valence-corrected chi connectivity index (χ1v) is 7.54. The van der Waals surface area contributed by atoms with E-state index in [0.717, 1.165) is 19.5 Å². The fourth-order valence-corrected chi connectivity index (χ4v) is 2.61. The summed E-state index contributed by atoms with van der Waals surface area (Å²) in [7, 11) is -0.774. The smallest absolute Gasteiger partial charge is 0.224 e. The molecule has 94 valence electrons. The van der Waals surface area contributed by atoms with Crippen molar-refractivity contribution in [1.29, 1.82) is 0 Å². The molecule has 0 aliphatic carbocycles. The first-order valence-electron chi connectivity index (χ1n) is 5.81. The standard InChI is InChI=1S/C11H22N2O2S/c1-8-6-12-7-10(8)11(14)13-9(2)4-5-16(3)15/h8-10,12H,4-7H2,1-3H3,(H,13,14)/t8-,9?,10-,16?/m1/s1. The number of hydrogen-bond acceptors (Lipinski definition) is 3. The van der Waals surface area contributed by atoms with Crippen molar-refractivity contribution in [2.24, 2.45) is 11.8 Å². The highest BCUT2D eigenvalue weighted by molar-refractivity contribution is 7.84. The molecular formula is C11H22N2O2S. The Morgan fingerprint density at radius 1 is 1.56 bits per heavy atom. The minimum absolute atomic E-state index is 0.0922. The van der Waals surface area contributed by atoms with Gasteiger partial charge in [0.2, 0.25) is 5.91 Å². The molecule has 4 atom stereocenters. The van der Waals surface area contributed by atoms with E-state index in [1.165, 1.54) is 0 Å². The van der Waals surface area contributed by atoms with Crippen LogP contribution in [-0.2, 0) is 15.6 Å². The van der Waals surface area contributed by atoms with Gasteiger partial charge in [0.25, 0.3) is 0 Å². The zero-order valence-corrected chi connectivity index (χ0v) is 11.1. The maximum atomic E-state index is 11.9. The Labute approximate surface area is 100 Å². The lowest BCUT2D eigenvalue weighted by Gasteiger charge is -2.18. The average molecular weight is 246 g/mol. The Balaban J connectivity index is 2.30. The Morgan fingerprint density at radius 3 is 2.75 bits per heavy atom. The van der Waals surface area contributed by atoms with Crippen LogP contribution in [-0.4, -0.2) is 41.3 Å². The fraction of sp³-hybridized carbons (Fsp3) is 0.909. The van der Waals surface area contributed by atoms with Crippen molar-refractivity contribution in [2.45, 2.75) is 26.3 Å². The van der Waals surface area contributed by atoms with Gasteiger partial charge in [0.1, 0.15) is 0 Å². The molecule has 0 saturated carbocycles. The minimum atomic E-state index is -0.774. The molecule has 1 heterocycles. The quantitative estimate of drug-likeness (QED) is 0.724. The lowest BCUT2D eigenvalue weighted by molar-refractivity contribution is -0.126. The second-order valence-electron chi connectivity index (χ2n) is 4.72. The number of amides is 1. The van der Waals surface area contributed by atoms with Crippen LogP contribution in [0.5, 0.6) is 0 Å². The molecule has 1 aliphatic rings. The van der Waals surface area contributed by atoms with Crippen molar-refractivity contribution in [3.63, 3.8) is 0 Å². The Morgan fingerprint density at radius 2 is 2.25 bits per heavy atom. The zero-order valence-electron chi connectivity index (χ0n) is 10.3. The van der Waals surface area contributed by atoms with E-state index in [0.29, 0.717) is 11.7 Å². The van der Waals surface area contributed by atoms with Crippen LogP contribution < -0.4 is 10.6 Å². The van der Waals surface area contributed by atoms with Gasteiger partial charge in [-0.3, -0.25) is 9.00 Å². The number of rotatable bonds is 5. The number of nitrogens with one attached hydrogen (secondary N) is 2. The number of carbonyl (C=O) groups is 1. The molecule has 1 aliphatic heterocycles. The molecular weight excluding hydrogens is 224 g/mol. The number of hydrogen-bond donors (Lipinski definition) is 2. The largest absolute Gasteiger partial charge is 0.353 e. The van der Waals surface area contributed by atoms with Crippen molar-refractivity contribution in [2.75, 3.05) is 25.1 Å². The Kier molecular flexibility index (Phi) is 5.41. The van der Waals surface area contributed by atoms with Crippen LogP contribution in [0.4, 0.5) is 0 Å². The van der Waals surface area contributed by atoms with Crippen molar-refractivity contribution in [1.82, 2.24) is 10.6 Å². The zero-order chi connectivity index (χ0) is 12.1. The van der Waals surface area contributed by atoms with E-state index in [-0.39, 0.29) is 17.9 Å². The summed E-state index contributed by atoms with van der Waals surface area (Å²) in [4.78, 5) is 11.9. The van der Waals surface area contributed by atoms with Crippen LogP contribution in [0, 0.1) is 11.8 Å². The van der Waals surface area contributed by atoms with Gasteiger partial charge in [0.15, 0.2) is 0 Å². The summed E-state index contributed by atoms with van der Waals surface area (Å²) >= 11 is 0. The summed E-state index contributed by atoms with van der Waals surface area (Å²) in [6.07, 6.45) is 2.47. The molecule has 5 heteroatoms. The van der Waals surface area contributed by atoms with E-state index in [1.807, 2.05) is 6.92 Å². The summed E-state index contributed by atoms with van der Waals surface area (Å²) in [5.41, 5.74) is 0. The normalized spacial score (nSPS) is 28.7. The van der Waals surface area contributed by atoms with Crippen LogP contribution in [0.3, 0.4) is 0 Å². The van der Waals surface area contributed by atoms with E-state index < -0.39 is 10.8 Å². The van der Waals surface area contributed by atoms with E-state index in [9.17, 15) is 9.00 Å². The lowest BCUT2D eigenvalue weighted by Crippen LogP contribution is -2.40. The van der Waals surface area contributed by atoms with Crippen LogP contribution >= 0.6 is 0 Å². The van der Waals surface area contributed by atoms with Gasteiger partial charge in [-0.05, 0) is 25.8 Å². The van der Waals surface area contributed by atoms with Crippen molar-refractivity contribution >= 4 is 16.7 Å². The lowest BCUT2D eigenvalue weighted by atomic mass is 9.97. The summed E-state index contributed by atoms with van der Waals surface area (Å²) in [5.74, 6) is 1.29. The van der Waals surface area contributed by atoms with Crippen LogP contribution in [0.15, 0.2) is 0 Å². The summed E-state index contributed by atoms with van der Waals surface area (Å²) in [5, 5.41) is 6.21. The molecule has 2 unspecified atom stereocenters. The van der Waals surface area contributed by atoms with Crippen LogP contribution in [0.25, 0.3) is 0 Å². The SMILES string of the molecule is CC(CCS(C)=O)NC(=O)[C@@H]1CNC[C@H]1C. The molecule has 16 heavy (non-hydrogen) atoms. The maximum Gasteiger partial charge on any atom is 0.224 e. The summed E-state index contributed by atoms with van der Waals surface area (Å²) in [6, 6.07) is 0.115. The second-order valence-corrected chi connectivity index (χ2v) is 6.27. The van der Waals surface area contributed by atoms with Gasteiger partial charge in [-0.1, -0.05) is 6.92 Å². The molecule has 0 aromatic rings. The molecule has 0 radical (unpaired) electrons. The Bertz CT molecular complexity index is 271. The van der Waals surface area contributed by atoms with Gasteiger partial charge in [-0.2, -0.15) is 0 Å².